The summed E-state index contributed by atoms with van der Waals surface area (Å²) in [5.74, 6) is 1.33. The maximum atomic E-state index is 12.5. The van der Waals surface area contributed by atoms with Crippen molar-refractivity contribution >= 4 is 22.9 Å². The first-order valence-electron chi connectivity index (χ1n) is 8.84. The van der Waals surface area contributed by atoms with E-state index in [1.54, 1.807) is 11.3 Å². The zero-order valence-corrected chi connectivity index (χ0v) is 16.1. The van der Waals surface area contributed by atoms with E-state index < -0.39 is 0 Å². The lowest BCUT2D eigenvalue weighted by Gasteiger charge is -2.08. The Balaban J connectivity index is 1.40. The molecule has 0 aliphatic carbocycles. The monoisotopic (exact) mass is 386 g/mol. The van der Waals surface area contributed by atoms with E-state index in [1.807, 2.05) is 91.2 Å². The molecule has 4 nitrogen and oxygen atoms in total. The first kappa shape index (κ1) is 17.9. The number of amides is 1. The van der Waals surface area contributed by atoms with Crippen LogP contribution in [0.15, 0.2) is 84.2 Å². The van der Waals surface area contributed by atoms with Crippen LogP contribution in [-0.4, -0.2) is 10.9 Å². The minimum absolute atomic E-state index is 0.155. The van der Waals surface area contributed by atoms with Crippen molar-refractivity contribution in [1.29, 1.82) is 0 Å². The number of nitrogens with one attached hydrogen (secondary N) is 1. The minimum atomic E-state index is -0.155. The molecule has 0 atom stereocenters. The highest BCUT2D eigenvalue weighted by atomic mass is 32.1. The van der Waals surface area contributed by atoms with Crippen molar-refractivity contribution in [3.05, 3.63) is 94.8 Å². The zero-order valence-electron chi connectivity index (χ0n) is 15.3. The quantitative estimate of drug-likeness (QED) is 0.447. The van der Waals surface area contributed by atoms with E-state index in [2.05, 4.69) is 10.3 Å². The summed E-state index contributed by atoms with van der Waals surface area (Å²) in [4.78, 5) is 17.0. The zero-order chi connectivity index (χ0) is 19.3. The lowest BCUT2D eigenvalue weighted by Crippen LogP contribution is -2.11. The van der Waals surface area contributed by atoms with Crippen LogP contribution in [0.4, 0.5) is 5.69 Å². The first-order valence-corrected chi connectivity index (χ1v) is 9.72. The SMILES string of the molecule is Cc1nc(-c2ccc(C(=O)Nc3ccc(Oc4ccccc4)cc3)cc2)cs1. The van der Waals surface area contributed by atoms with Gasteiger partial charge in [0.05, 0.1) is 10.7 Å². The second-order valence-corrected chi connectivity index (χ2v) is 7.28. The second kappa shape index (κ2) is 8.06. The van der Waals surface area contributed by atoms with Gasteiger partial charge in [-0.05, 0) is 55.5 Å². The van der Waals surface area contributed by atoms with Crippen molar-refractivity contribution in [2.45, 2.75) is 6.92 Å². The average Bonchev–Trinajstić information content (AvgIpc) is 3.17. The highest BCUT2D eigenvalue weighted by Crippen LogP contribution is 2.24. The van der Waals surface area contributed by atoms with Crippen LogP contribution >= 0.6 is 11.3 Å². The molecule has 0 aliphatic heterocycles. The number of rotatable bonds is 5. The molecular weight excluding hydrogens is 368 g/mol. The molecule has 1 aromatic heterocycles. The van der Waals surface area contributed by atoms with E-state index >= 15 is 0 Å². The fraction of sp³-hybridized carbons (Fsp3) is 0.0435. The number of thiazole rings is 1. The summed E-state index contributed by atoms with van der Waals surface area (Å²) < 4.78 is 5.76. The average molecular weight is 386 g/mol. The Kier molecular flexibility index (Phi) is 5.17. The molecule has 1 heterocycles. The molecule has 0 saturated carbocycles. The van der Waals surface area contributed by atoms with Gasteiger partial charge < -0.3 is 10.1 Å². The van der Waals surface area contributed by atoms with Crippen LogP contribution in [0.2, 0.25) is 0 Å². The summed E-state index contributed by atoms with van der Waals surface area (Å²) in [6.45, 7) is 1.98. The molecular formula is C23H18N2O2S. The number of aromatic nitrogens is 1. The number of ether oxygens (including phenoxy) is 1. The third kappa shape index (κ3) is 4.27. The summed E-state index contributed by atoms with van der Waals surface area (Å²) in [6, 6.07) is 24.3. The molecule has 0 bridgehead atoms. The molecule has 0 fully saturated rings. The Morgan fingerprint density at radius 3 is 2.21 bits per heavy atom. The summed E-state index contributed by atoms with van der Waals surface area (Å²) in [7, 11) is 0. The number of hydrogen-bond acceptors (Lipinski definition) is 4. The Bertz CT molecular complexity index is 1070. The van der Waals surface area contributed by atoms with Gasteiger partial charge in [0.15, 0.2) is 0 Å². The molecule has 0 aliphatic rings. The van der Waals surface area contributed by atoms with E-state index in [0.717, 1.165) is 22.0 Å². The van der Waals surface area contributed by atoms with E-state index in [4.69, 9.17) is 4.74 Å². The maximum Gasteiger partial charge on any atom is 0.255 e. The minimum Gasteiger partial charge on any atom is -0.457 e. The Morgan fingerprint density at radius 1 is 0.893 bits per heavy atom. The Morgan fingerprint density at radius 2 is 1.57 bits per heavy atom. The molecule has 0 unspecified atom stereocenters. The van der Waals surface area contributed by atoms with Gasteiger partial charge in [-0.3, -0.25) is 4.79 Å². The molecule has 3 aromatic carbocycles. The molecule has 28 heavy (non-hydrogen) atoms. The summed E-state index contributed by atoms with van der Waals surface area (Å²) in [6.07, 6.45) is 0. The van der Waals surface area contributed by atoms with Crippen molar-refractivity contribution in [2.75, 3.05) is 5.32 Å². The van der Waals surface area contributed by atoms with Crippen LogP contribution < -0.4 is 10.1 Å². The fourth-order valence-corrected chi connectivity index (χ4v) is 3.34. The van der Waals surface area contributed by atoms with Gasteiger partial charge in [0.2, 0.25) is 0 Å². The summed E-state index contributed by atoms with van der Waals surface area (Å²) in [5, 5.41) is 5.95. The molecule has 4 aromatic rings. The molecule has 138 valence electrons. The van der Waals surface area contributed by atoms with Crippen molar-refractivity contribution in [1.82, 2.24) is 4.98 Å². The molecule has 1 N–H and O–H groups in total. The number of carbonyl (C=O) groups excluding carboxylic acids is 1. The maximum absolute atomic E-state index is 12.5. The van der Waals surface area contributed by atoms with Crippen molar-refractivity contribution in [2.24, 2.45) is 0 Å². The first-order chi connectivity index (χ1) is 13.7. The van der Waals surface area contributed by atoms with Crippen molar-refractivity contribution in [3.8, 4) is 22.8 Å². The smallest absolute Gasteiger partial charge is 0.255 e. The third-order valence-electron chi connectivity index (χ3n) is 4.15. The number of anilines is 1. The number of carbonyl (C=O) groups is 1. The van der Waals surface area contributed by atoms with Crippen molar-refractivity contribution < 1.29 is 9.53 Å². The van der Waals surface area contributed by atoms with E-state index in [1.165, 1.54) is 0 Å². The number of aryl methyl sites for hydroxylation is 1. The number of nitrogens with zero attached hydrogens (tertiary/aromatic N) is 1. The Labute approximate surface area is 167 Å². The van der Waals surface area contributed by atoms with Crippen molar-refractivity contribution in [3.63, 3.8) is 0 Å². The molecule has 0 saturated heterocycles. The van der Waals surface area contributed by atoms with Crippen LogP contribution in [0.1, 0.15) is 15.4 Å². The van der Waals surface area contributed by atoms with Gasteiger partial charge in [-0.25, -0.2) is 4.98 Å². The van der Waals surface area contributed by atoms with Gasteiger partial charge in [-0.1, -0.05) is 30.3 Å². The molecule has 5 heteroatoms. The molecule has 0 spiro atoms. The van der Waals surface area contributed by atoms with Gasteiger partial charge in [0, 0.05) is 22.2 Å². The van der Waals surface area contributed by atoms with Crippen LogP contribution in [-0.2, 0) is 0 Å². The van der Waals surface area contributed by atoms with Crippen LogP contribution in [0, 0.1) is 6.92 Å². The normalized spacial score (nSPS) is 10.5. The topological polar surface area (TPSA) is 51.2 Å². The van der Waals surface area contributed by atoms with Gasteiger partial charge >= 0.3 is 0 Å². The van der Waals surface area contributed by atoms with Crippen LogP contribution in [0.25, 0.3) is 11.3 Å². The highest BCUT2D eigenvalue weighted by Gasteiger charge is 2.08. The number of benzene rings is 3. The lowest BCUT2D eigenvalue weighted by molar-refractivity contribution is 0.102. The Hall–Kier alpha value is -3.44. The lowest BCUT2D eigenvalue weighted by atomic mass is 10.1. The van der Waals surface area contributed by atoms with Gasteiger partial charge in [0.25, 0.3) is 5.91 Å². The molecule has 4 rings (SSSR count). The van der Waals surface area contributed by atoms with E-state index in [-0.39, 0.29) is 5.91 Å². The van der Waals surface area contributed by atoms with Gasteiger partial charge in [0.1, 0.15) is 11.5 Å². The third-order valence-corrected chi connectivity index (χ3v) is 4.93. The largest absolute Gasteiger partial charge is 0.457 e. The summed E-state index contributed by atoms with van der Waals surface area (Å²) in [5.41, 5.74) is 3.25. The number of hydrogen-bond donors (Lipinski definition) is 1. The standard InChI is InChI=1S/C23H18N2O2S/c1-16-24-22(15-28-16)17-7-9-18(10-8-17)23(26)25-19-11-13-21(14-12-19)27-20-5-3-2-4-6-20/h2-15H,1H3,(H,25,26). The predicted octanol–water partition coefficient (Wildman–Crippen LogP) is 6.16. The highest BCUT2D eigenvalue weighted by molar-refractivity contribution is 7.09. The number of para-hydroxylation sites is 1. The fourth-order valence-electron chi connectivity index (χ4n) is 2.72. The molecule has 0 radical (unpaired) electrons. The van der Waals surface area contributed by atoms with Crippen LogP contribution in [0.5, 0.6) is 11.5 Å². The predicted molar refractivity (Wildman–Crippen MR) is 113 cm³/mol. The second-order valence-electron chi connectivity index (χ2n) is 6.22. The summed E-state index contributed by atoms with van der Waals surface area (Å²) >= 11 is 1.61. The van der Waals surface area contributed by atoms with Gasteiger partial charge in [-0.15, -0.1) is 11.3 Å². The van der Waals surface area contributed by atoms with E-state index in [0.29, 0.717) is 17.0 Å². The van der Waals surface area contributed by atoms with E-state index in [9.17, 15) is 4.79 Å². The van der Waals surface area contributed by atoms with Crippen LogP contribution in [0.3, 0.4) is 0 Å². The molecule has 1 amide bonds. The van der Waals surface area contributed by atoms with Gasteiger partial charge in [-0.2, -0.15) is 0 Å².